The maximum atomic E-state index is 11.8. The van der Waals surface area contributed by atoms with Gasteiger partial charge in [-0.15, -0.1) is 0 Å². The zero-order valence-corrected chi connectivity index (χ0v) is 28.9. The number of carboxylic acid groups (broad SMARTS) is 2. The van der Waals surface area contributed by atoms with Gasteiger partial charge in [0.2, 0.25) is 0 Å². The summed E-state index contributed by atoms with van der Waals surface area (Å²) in [7, 11) is 0. The predicted molar refractivity (Wildman–Crippen MR) is 175 cm³/mol. The van der Waals surface area contributed by atoms with Crippen LogP contribution in [0.1, 0.15) is 89.4 Å². The third-order valence-electron chi connectivity index (χ3n) is 8.24. The Labute approximate surface area is 289 Å². The van der Waals surface area contributed by atoms with Crippen LogP contribution in [0.3, 0.4) is 0 Å². The van der Waals surface area contributed by atoms with Gasteiger partial charge in [-0.25, -0.2) is 9.59 Å². The fourth-order valence-electron chi connectivity index (χ4n) is 5.47. The fraction of sp³-hybridized carbons (Fsp3) is 0.316. The number of aromatic carboxylic acids is 2. The minimum atomic E-state index is -0.982. The van der Waals surface area contributed by atoms with Gasteiger partial charge in [0, 0.05) is 45.0 Å². The van der Waals surface area contributed by atoms with Gasteiger partial charge in [-0.05, 0) is 59.9 Å². The van der Waals surface area contributed by atoms with Crippen molar-refractivity contribution in [3.63, 3.8) is 0 Å². The number of unbranched alkanes of at least 4 members (excludes halogenated alkanes) is 2. The van der Waals surface area contributed by atoms with E-state index in [1.807, 2.05) is 48.5 Å². The van der Waals surface area contributed by atoms with Gasteiger partial charge >= 0.3 is 11.9 Å². The summed E-state index contributed by atoms with van der Waals surface area (Å²) in [5.41, 5.74) is 3.77. The number of hydrogen-bond acceptors (Lipinski definition) is 6. The Morgan fingerprint density at radius 1 is 0.702 bits per heavy atom. The van der Waals surface area contributed by atoms with Gasteiger partial charge in [-0.1, -0.05) is 76.4 Å². The Kier molecular flexibility index (Phi) is 12.5. The average molecular weight is 721 g/mol. The van der Waals surface area contributed by atoms with Crippen molar-refractivity contribution in [2.45, 2.75) is 59.3 Å². The van der Waals surface area contributed by atoms with Crippen LogP contribution < -0.4 is 18.9 Å². The van der Waals surface area contributed by atoms with E-state index in [0.29, 0.717) is 66.1 Å². The van der Waals surface area contributed by atoms with Gasteiger partial charge in [-0.3, -0.25) is 0 Å². The van der Waals surface area contributed by atoms with Crippen molar-refractivity contribution in [2.24, 2.45) is 5.92 Å². The molecule has 0 bridgehead atoms. The van der Waals surface area contributed by atoms with E-state index in [9.17, 15) is 19.8 Å². The van der Waals surface area contributed by atoms with Crippen LogP contribution in [0.2, 0.25) is 0 Å². The summed E-state index contributed by atoms with van der Waals surface area (Å²) in [5.74, 6) is 2.02. The monoisotopic (exact) mass is 722 g/mol. The largest absolute Gasteiger partial charge is 0.493 e. The van der Waals surface area contributed by atoms with Gasteiger partial charge in [-0.2, -0.15) is 0 Å². The number of hydrogen-bond donors (Lipinski definition) is 2. The fourth-order valence-corrected chi connectivity index (χ4v) is 5.47. The van der Waals surface area contributed by atoms with Crippen LogP contribution in [0.15, 0.2) is 72.8 Å². The molecule has 0 amide bonds. The van der Waals surface area contributed by atoms with E-state index in [4.69, 9.17) is 18.9 Å². The molecule has 0 radical (unpaired) electrons. The second-order valence-corrected chi connectivity index (χ2v) is 11.6. The van der Waals surface area contributed by atoms with Crippen LogP contribution in [0, 0.1) is 5.92 Å². The van der Waals surface area contributed by atoms with Gasteiger partial charge in [0.1, 0.15) is 45.6 Å². The van der Waals surface area contributed by atoms with E-state index < -0.39 is 11.9 Å². The average Bonchev–Trinajstić information content (AvgIpc) is 3.06. The van der Waals surface area contributed by atoms with Crippen LogP contribution in [0.4, 0.5) is 0 Å². The van der Waals surface area contributed by atoms with Crippen molar-refractivity contribution in [3.05, 3.63) is 106 Å². The normalized spacial score (nSPS) is 12.5. The van der Waals surface area contributed by atoms with E-state index in [1.165, 1.54) is 0 Å². The summed E-state index contributed by atoms with van der Waals surface area (Å²) in [6.07, 6.45) is 5.16. The number of ether oxygens (including phenoxy) is 4. The summed E-state index contributed by atoms with van der Waals surface area (Å²) >= 11 is 0. The van der Waals surface area contributed by atoms with Gasteiger partial charge in [0.15, 0.2) is 0 Å². The maximum absolute atomic E-state index is 11.8. The van der Waals surface area contributed by atoms with Gasteiger partial charge in [0.25, 0.3) is 0 Å². The van der Waals surface area contributed by atoms with Crippen molar-refractivity contribution < 1.29 is 59.8 Å². The van der Waals surface area contributed by atoms with Gasteiger partial charge in [0.05, 0.1) is 13.2 Å². The predicted octanol–water partition coefficient (Wildman–Crippen LogP) is 9.15. The first-order valence-corrected chi connectivity index (χ1v) is 15.9. The number of fused-ring (bicyclic) bond motifs is 4. The van der Waals surface area contributed by atoms with E-state index in [-0.39, 0.29) is 32.2 Å². The number of carbonyl (C=O) groups is 2. The first-order valence-electron chi connectivity index (χ1n) is 15.9. The Morgan fingerprint density at radius 3 is 1.66 bits per heavy atom. The van der Waals surface area contributed by atoms with Crippen LogP contribution in [0.25, 0.3) is 0 Å². The van der Waals surface area contributed by atoms with E-state index in [1.54, 1.807) is 24.3 Å². The van der Waals surface area contributed by atoms with Crippen LogP contribution in [-0.4, -0.2) is 35.4 Å². The molecule has 2 N–H and O–H groups in total. The standard InChI is InChI=1S/2C19H20O4.Mo/c1-3-12(2)11-22-17-9-8-16-14(18(17)19(20)21)10-13-6-4-5-7-15(13)23-16;1-2-3-6-11-22-17-10-9-16-14(18(17)19(20)21)12-13-7-4-5-8-15(13)23-16;/h4-9,12H,3,10-11H2,1-2H3,(H,20,21);4-5,7-10H,2-3,6,11-12H2,1H3,(H,20,21);. The second-order valence-electron chi connectivity index (χ2n) is 11.6. The third-order valence-corrected chi connectivity index (χ3v) is 8.24. The molecule has 0 saturated heterocycles. The molecule has 0 saturated carbocycles. The van der Waals surface area contributed by atoms with Crippen molar-refractivity contribution in [3.8, 4) is 34.5 Å². The van der Waals surface area contributed by atoms with Crippen LogP contribution >= 0.6 is 0 Å². The summed E-state index contributed by atoms with van der Waals surface area (Å²) in [5, 5.41) is 19.3. The van der Waals surface area contributed by atoms with Crippen molar-refractivity contribution in [1.29, 1.82) is 0 Å². The summed E-state index contributed by atoms with van der Waals surface area (Å²) in [6, 6.07) is 22.4. The van der Waals surface area contributed by atoms with Crippen molar-refractivity contribution in [2.75, 3.05) is 13.2 Å². The molecule has 4 aromatic carbocycles. The quantitative estimate of drug-likeness (QED) is 0.101. The van der Waals surface area contributed by atoms with Gasteiger partial charge < -0.3 is 29.2 Å². The molecule has 246 valence electrons. The topological polar surface area (TPSA) is 112 Å². The van der Waals surface area contributed by atoms with Crippen molar-refractivity contribution in [1.82, 2.24) is 0 Å². The molecule has 6 rings (SSSR count). The Hall–Kier alpha value is -4.29. The smallest absolute Gasteiger partial charge is 0.339 e. The molecule has 1 atom stereocenters. The molecule has 9 heteroatoms. The number of benzene rings is 4. The molecule has 0 aliphatic carbocycles. The molecule has 0 fully saturated rings. The minimum absolute atomic E-state index is 0. The molecule has 2 aliphatic rings. The molecule has 47 heavy (non-hydrogen) atoms. The first kappa shape index (κ1) is 35.6. The molecule has 4 aromatic rings. The molecular weight excluding hydrogens is 680 g/mol. The third kappa shape index (κ3) is 8.36. The molecule has 2 aliphatic heterocycles. The Bertz CT molecular complexity index is 1720. The summed E-state index contributed by atoms with van der Waals surface area (Å²) in [6.45, 7) is 7.33. The zero-order valence-electron chi connectivity index (χ0n) is 26.9. The molecule has 1 unspecified atom stereocenters. The summed E-state index contributed by atoms with van der Waals surface area (Å²) < 4.78 is 23.2. The molecule has 0 aromatic heterocycles. The van der Waals surface area contributed by atoms with Crippen molar-refractivity contribution >= 4 is 11.9 Å². The molecule has 0 spiro atoms. The first-order chi connectivity index (χ1) is 22.3. The van der Waals surface area contributed by atoms with E-state index in [2.05, 4.69) is 20.8 Å². The van der Waals surface area contributed by atoms with Crippen LogP contribution in [-0.2, 0) is 33.9 Å². The zero-order chi connectivity index (χ0) is 32.6. The molecular formula is C38H40MoO8. The Morgan fingerprint density at radius 2 is 1.19 bits per heavy atom. The van der Waals surface area contributed by atoms with E-state index in [0.717, 1.165) is 48.3 Å². The van der Waals surface area contributed by atoms with E-state index >= 15 is 0 Å². The minimum Gasteiger partial charge on any atom is -0.493 e. The molecule has 8 nitrogen and oxygen atoms in total. The number of para-hydroxylation sites is 2. The number of carboxylic acids is 2. The SMILES string of the molecule is CCC(C)COc1ccc2c(c1C(=O)O)Cc1ccccc1O2.CCCCCOc1ccc2c(c1C(=O)O)Cc1ccccc1O2.[Mo]. The van der Waals surface area contributed by atoms with Crippen LogP contribution in [0.5, 0.6) is 34.5 Å². The summed E-state index contributed by atoms with van der Waals surface area (Å²) in [4.78, 5) is 23.5. The second kappa shape index (κ2) is 16.5. The Balaban J connectivity index is 0.000000208. The number of rotatable bonds is 11. The molecule has 2 heterocycles. The maximum Gasteiger partial charge on any atom is 0.339 e.